The summed E-state index contributed by atoms with van der Waals surface area (Å²) < 4.78 is 1.13. The molecule has 1 N–H and O–H groups in total. The van der Waals surface area contributed by atoms with Gasteiger partial charge in [-0.15, -0.1) is 0 Å². The van der Waals surface area contributed by atoms with E-state index in [0.29, 0.717) is 0 Å². The van der Waals surface area contributed by atoms with Crippen molar-refractivity contribution in [2.24, 2.45) is 0 Å². The molecule has 0 saturated carbocycles. The molecule has 0 amide bonds. The second-order valence-corrected chi connectivity index (χ2v) is 5.82. The molecule has 0 radical (unpaired) electrons. The normalized spacial score (nSPS) is 12.2. The molecular weight excluding hydrogens is 314 g/mol. The lowest BCUT2D eigenvalue weighted by Gasteiger charge is -2.21. The van der Waals surface area contributed by atoms with Gasteiger partial charge in [-0.25, -0.2) is 0 Å². The van der Waals surface area contributed by atoms with Gasteiger partial charge in [0.1, 0.15) is 0 Å². The third kappa shape index (κ3) is 3.62. The molecule has 2 aromatic carbocycles. The van der Waals surface area contributed by atoms with Gasteiger partial charge >= 0.3 is 0 Å². The largest absolute Gasteiger partial charge is 0.388 e. The van der Waals surface area contributed by atoms with Crippen molar-refractivity contribution in [3.63, 3.8) is 0 Å². The third-order valence-corrected chi connectivity index (χ3v) is 4.24. The Morgan fingerprint density at radius 1 is 1.10 bits per heavy atom. The van der Waals surface area contributed by atoms with Gasteiger partial charge in [0, 0.05) is 23.8 Å². The molecule has 0 aromatic heterocycles. The Morgan fingerprint density at radius 3 is 2.35 bits per heavy atom. The first-order valence-corrected chi connectivity index (χ1v) is 7.63. The quantitative estimate of drug-likeness (QED) is 0.868. The number of halogens is 1. The molecule has 2 aromatic rings. The van der Waals surface area contributed by atoms with Crippen molar-refractivity contribution in [2.75, 3.05) is 11.9 Å². The van der Waals surface area contributed by atoms with Crippen molar-refractivity contribution in [3.8, 4) is 0 Å². The summed E-state index contributed by atoms with van der Waals surface area (Å²) in [5.41, 5.74) is 3.38. The maximum Gasteiger partial charge on any atom is 0.0787 e. The maximum absolute atomic E-state index is 9.81. The van der Waals surface area contributed by atoms with Crippen LogP contribution < -0.4 is 4.90 Å². The molecule has 1 unspecified atom stereocenters. The van der Waals surface area contributed by atoms with Crippen LogP contribution in [0.2, 0.25) is 0 Å². The average molecular weight is 334 g/mol. The molecule has 0 heterocycles. The van der Waals surface area contributed by atoms with Gasteiger partial charge in [0.2, 0.25) is 0 Å². The van der Waals surface area contributed by atoms with Gasteiger partial charge in [-0.05, 0) is 35.7 Å². The van der Waals surface area contributed by atoms with Crippen molar-refractivity contribution in [1.29, 1.82) is 0 Å². The van der Waals surface area contributed by atoms with E-state index in [1.54, 1.807) is 0 Å². The summed E-state index contributed by atoms with van der Waals surface area (Å²) in [5.74, 6) is 0. The highest BCUT2D eigenvalue weighted by molar-refractivity contribution is 9.10. The minimum atomic E-state index is -0.363. The molecule has 106 valence electrons. The fourth-order valence-corrected chi connectivity index (χ4v) is 2.57. The Balaban J connectivity index is 2.10. The summed E-state index contributed by atoms with van der Waals surface area (Å²) in [6.07, 6.45) is 0.379. The van der Waals surface area contributed by atoms with Crippen LogP contribution >= 0.6 is 15.9 Å². The van der Waals surface area contributed by atoms with E-state index < -0.39 is 0 Å². The first kappa shape index (κ1) is 15.1. The summed E-state index contributed by atoms with van der Waals surface area (Å²) in [7, 11) is 2.07. The van der Waals surface area contributed by atoms with Crippen molar-refractivity contribution in [1.82, 2.24) is 0 Å². The molecule has 2 nitrogen and oxygen atoms in total. The summed E-state index contributed by atoms with van der Waals surface area (Å²) in [4.78, 5) is 2.20. The smallest absolute Gasteiger partial charge is 0.0787 e. The van der Waals surface area contributed by atoms with E-state index in [2.05, 4.69) is 58.2 Å². The van der Waals surface area contributed by atoms with Crippen LogP contribution in [0.1, 0.15) is 30.6 Å². The molecule has 0 saturated heterocycles. The minimum Gasteiger partial charge on any atom is -0.388 e. The maximum atomic E-state index is 9.81. The topological polar surface area (TPSA) is 23.5 Å². The van der Waals surface area contributed by atoms with Crippen LogP contribution in [0, 0.1) is 0 Å². The zero-order valence-electron chi connectivity index (χ0n) is 11.9. The van der Waals surface area contributed by atoms with E-state index >= 15 is 0 Å². The van der Waals surface area contributed by atoms with Gasteiger partial charge in [0.05, 0.1) is 6.10 Å². The van der Waals surface area contributed by atoms with Crippen molar-refractivity contribution < 1.29 is 5.11 Å². The van der Waals surface area contributed by atoms with Gasteiger partial charge in [0.25, 0.3) is 0 Å². The molecule has 0 bridgehead atoms. The standard InChI is InChI=1S/C17H20BrNO/c1-3-17(20)13-8-10-15(11-9-13)19(2)12-14-6-4-5-7-16(14)18/h4-11,17,20H,3,12H2,1-2H3. The molecule has 20 heavy (non-hydrogen) atoms. The van der Waals surface area contributed by atoms with Crippen LogP contribution in [-0.2, 0) is 6.54 Å². The first-order valence-electron chi connectivity index (χ1n) is 6.84. The summed E-state index contributed by atoms with van der Waals surface area (Å²) in [5, 5.41) is 9.81. The minimum absolute atomic E-state index is 0.363. The number of rotatable bonds is 5. The lowest BCUT2D eigenvalue weighted by molar-refractivity contribution is 0.173. The monoisotopic (exact) mass is 333 g/mol. The van der Waals surface area contributed by atoms with Crippen LogP contribution in [0.25, 0.3) is 0 Å². The average Bonchev–Trinajstić information content (AvgIpc) is 2.49. The van der Waals surface area contributed by atoms with Gasteiger partial charge in [-0.1, -0.05) is 53.2 Å². The highest BCUT2D eigenvalue weighted by Crippen LogP contribution is 2.23. The van der Waals surface area contributed by atoms with Crippen LogP contribution in [0.5, 0.6) is 0 Å². The summed E-state index contributed by atoms with van der Waals surface area (Å²) in [6.45, 7) is 2.83. The number of hydrogen-bond acceptors (Lipinski definition) is 2. The molecule has 3 heteroatoms. The van der Waals surface area contributed by atoms with Crippen LogP contribution in [-0.4, -0.2) is 12.2 Å². The highest BCUT2D eigenvalue weighted by atomic mass is 79.9. The molecule has 0 fully saturated rings. The number of hydrogen-bond donors (Lipinski definition) is 1. The summed E-state index contributed by atoms with van der Waals surface area (Å²) >= 11 is 3.58. The Hall–Kier alpha value is -1.32. The number of nitrogens with zero attached hydrogens (tertiary/aromatic N) is 1. The zero-order valence-corrected chi connectivity index (χ0v) is 13.5. The van der Waals surface area contributed by atoms with Crippen molar-refractivity contribution >= 4 is 21.6 Å². The van der Waals surface area contributed by atoms with Crippen LogP contribution in [0.15, 0.2) is 53.0 Å². The lowest BCUT2D eigenvalue weighted by Crippen LogP contribution is -2.16. The van der Waals surface area contributed by atoms with Crippen LogP contribution in [0.4, 0.5) is 5.69 Å². The second kappa shape index (κ2) is 6.91. The second-order valence-electron chi connectivity index (χ2n) is 4.96. The Morgan fingerprint density at radius 2 is 1.75 bits per heavy atom. The van der Waals surface area contributed by atoms with E-state index in [1.165, 1.54) is 5.56 Å². The van der Waals surface area contributed by atoms with Crippen molar-refractivity contribution in [3.05, 3.63) is 64.1 Å². The van der Waals surface area contributed by atoms with Crippen LogP contribution in [0.3, 0.4) is 0 Å². The molecule has 0 aliphatic carbocycles. The fourth-order valence-electron chi connectivity index (χ4n) is 2.16. The predicted molar refractivity (Wildman–Crippen MR) is 87.9 cm³/mol. The number of anilines is 1. The van der Waals surface area contributed by atoms with Gasteiger partial charge in [-0.3, -0.25) is 0 Å². The predicted octanol–water partition coefficient (Wildman–Crippen LogP) is 4.53. The molecule has 2 rings (SSSR count). The molecular formula is C17H20BrNO. The Labute approximate surface area is 129 Å². The molecule has 0 aliphatic rings. The van der Waals surface area contributed by atoms with E-state index in [-0.39, 0.29) is 6.10 Å². The number of aliphatic hydroxyl groups is 1. The van der Waals surface area contributed by atoms with E-state index in [1.807, 2.05) is 25.1 Å². The SMILES string of the molecule is CCC(O)c1ccc(N(C)Cc2ccccc2Br)cc1. The molecule has 0 spiro atoms. The number of aliphatic hydroxyl groups excluding tert-OH is 1. The first-order chi connectivity index (χ1) is 9.61. The van der Waals surface area contributed by atoms with Gasteiger partial charge in [-0.2, -0.15) is 0 Å². The van der Waals surface area contributed by atoms with E-state index in [4.69, 9.17) is 0 Å². The highest BCUT2D eigenvalue weighted by Gasteiger charge is 2.07. The fraction of sp³-hybridized carbons (Fsp3) is 0.294. The van der Waals surface area contributed by atoms with E-state index in [9.17, 15) is 5.11 Å². The number of benzene rings is 2. The summed E-state index contributed by atoms with van der Waals surface area (Å²) in [6, 6.07) is 16.4. The Kier molecular flexibility index (Phi) is 5.21. The lowest BCUT2D eigenvalue weighted by atomic mass is 10.1. The molecule has 0 aliphatic heterocycles. The van der Waals surface area contributed by atoms with Crippen molar-refractivity contribution in [2.45, 2.75) is 26.0 Å². The zero-order chi connectivity index (χ0) is 14.5. The Bertz CT molecular complexity index is 553. The van der Waals surface area contributed by atoms with Gasteiger partial charge in [0.15, 0.2) is 0 Å². The molecule has 1 atom stereocenters. The van der Waals surface area contributed by atoms with E-state index in [0.717, 1.165) is 28.7 Å². The van der Waals surface area contributed by atoms with Gasteiger partial charge < -0.3 is 10.0 Å². The third-order valence-electron chi connectivity index (χ3n) is 3.47.